The minimum Gasteiger partial charge on any atom is -0.497 e. The van der Waals surface area contributed by atoms with Gasteiger partial charge >= 0.3 is 0 Å². The topological polar surface area (TPSA) is 78.3 Å². The molecule has 1 aliphatic rings. The molecule has 2 aromatic heterocycles. The molecule has 8 heteroatoms. The molecule has 0 spiro atoms. The molecule has 0 bridgehead atoms. The molecular formula is C23H22N4O3S. The van der Waals surface area contributed by atoms with E-state index >= 15 is 0 Å². The number of fused-ring (bicyclic) bond motifs is 2. The molecule has 5 rings (SSSR count). The van der Waals surface area contributed by atoms with Crippen molar-refractivity contribution in [1.29, 1.82) is 0 Å². The molecule has 1 aliphatic heterocycles. The Labute approximate surface area is 183 Å². The fraction of sp³-hybridized carbons (Fsp3) is 0.261. The van der Waals surface area contributed by atoms with Crippen LogP contribution in [0.25, 0.3) is 15.3 Å². The molecule has 4 aromatic rings. The molecule has 1 N–H and O–H groups in total. The Kier molecular flexibility index (Phi) is 4.66. The smallest absolute Gasteiger partial charge is 0.226 e. The van der Waals surface area contributed by atoms with Gasteiger partial charge in [0.15, 0.2) is 0 Å². The van der Waals surface area contributed by atoms with Crippen LogP contribution < -0.4 is 14.8 Å². The van der Waals surface area contributed by atoms with Crippen molar-refractivity contribution >= 4 is 33.3 Å². The second-order valence-electron chi connectivity index (χ2n) is 7.64. The quantitative estimate of drug-likeness (QED) is 0.508. The summed E-state index contributed by atoms with van der Waals surface area (Å²) in [6, 6.07) is 11.8. The minimum atomic E-state index is -0.195. The van der Waals surface area contributed by atoms with Gasteiger partial charge in [-0.05, 0) is 49.7 Å². The molecular weight excluding hydrogens is 412 g/mol. The maximum Gasteiger partial charge on any atom is 0.226 e. The summed E-state index contributed by atoms with van der Waals surface area (Å²) in [5, 5.41) is 8.52. The number of carbonyl (C=O) groups is 1. The molecule has 0 unspecified atom stereocenters. The van der Waals surface area contributed by atoms with Gasteiger partial charge in [0.2, 0.25) is 11.0 Å². The maximum absolute atomic E-state index is 12.7. The fourth-order valence-electron chi connectivity index (χ4n) is 4.17. The molecule has 1 amide bonds. The van der Waals surface area contributed by atoms with Gasteiger partial charge in [-0.1, -0.05) is 17.4 Å². The number of amides is 1. The molecule has 3 heterocycles. The summed E-state index contributed by atoms with van der Waals surface area (Å²) in [6.45, 7) is 4.02. The average Bonchev–Trinajstić information content (AvgIpc) is 3.33. The predicted octanol–water partition coefficient (Wildman–Crippen LogP) is 4.59. The number of nitrogens with zero attached hydrogens (tertiary/aromatic N) is 3. The highest BCUT2D eigenvalue weighted by atomic mass is 32.1. The second kappa shape index (κ2) is 7.39. The highest BCUT2D eigenvalue weighted by Crippen LogP contribution is 2.44. The lowest BCUT2D eigenvalue weighted by Gasteiger charge is -2.25. The van der Waals surface area contributed by atoms with E-state index in [1.54, 1.807) is 30.2 Å². The van der Waals surface area contributed by atoms with Crippen molar-refractivity contribution < 1.29 is 14.3 Å². The van der Waals surface area contributed by atoms with Crippen molar-refractivity contribution in [2.24, 2.45) is 0 Å². The lowest BCUT2D eigenvalue weighted by molar-refractivity contribution is -0.116. The third-order valence-corrected chi connectivity index (χ3v) is 6.62. The Bertz CT molecular complexity index is 1320. The van der Waals surface area contributed by atoms with Gasteiger partial charge in [0.25, 0.3) is 0 Å². The van der Waals surface area contributed by atoms with Gasteiger partial charge in [-0.3, -0.25) is 4.79 Å². The van der Waals surface area contributed by atoms with Crippen molar-refractivity contribution in [2.45, 2.75) is 26.2 Å². The van der Waals surface area contributed by atoms with Crippen LogP contribution in [0.1, 0.15) is 34.7 Å². The summed E-state index contributed by atoms with van der Waals surface area (Å²) in [5.74, 6) is 1.84. The minimum absolute atomic E-state index is 0.0690. The third kappa shape index (κ3) is 3.23. The number of thiazole rings is 1. The van der Waals surface area contributed by atoms with Crippen LogP contribution in [0.2, 0.25) is 0 Å². The number of aryl methyl sites for hydroxylation is 2. The normalized spacial score (nSPS) is 15.6. The van der Waals surface area contributed by atoms with Crippen molar-refractivity contribution in [3.05, 3.63) is 58.8 Å². The third-order valence-electron chi connectivity index (χ3n) is 5.63. The number of ether oxygens (including phenoxy) is 2. The number of aromatic nitrogens is 3. The monoisotopic (exact) mass is 434 g/mol. The van der Waals surface area contributed by atoms with Gasteiger partial charge in [0.05, 0.1) is 30.1 Å². The lowest BCUT2D eigenvalue weighted by Crippen LogP contribution is -2.25. The average molecular weight is 435 g/mol. The Hall–Kier alpha value is -3.39. The van der Waals surface area contributed by atoms with E-state index < -0.39 is 0 Å². The van der Waals surface area contributed by atoms with Crippen molar-refractivity contribution in [3.8, 4) is 16.6 Å². The standard InChI is InChI=1S/C23H22N4O3S/c1-12-5-7-17-19(9-12)31-23(24-17)27-22-21(13(2)26-27)16(11-20(28)25-22)15-10-14(29-3)6-8-18(15)30-4/h5-10,16H,11H2,1-4H3,(H,25,28)/t16-/m0/s1. The van der Waals surface area contributed by atoms with Gasteiger partial charge in [0.1, 0.15) is 17.3 Å². The molecule has 2 aromatic carbocycles. The van der Waals surface area contributed by atoms with Crippen LogP contribution in [0.3, 0.4) is 0 Å². The van der Waals surface area contributed by atoms with E-state index in [2.05, 4.69) is 18.3 Å². The van der Waals surface area contributed by atoms with Gasteiger partial charge in [-0.15, -0.1) is 0 Å². The van der Waals surface area contributed by atoms with E-state index in [4.69, 9.17) is 19.6 Å². The Morgan fingerprint density at radius 2 is 1.97 bits per heavy atom. The van der Waals surface area contributed by atoms with Gasteiger partial charge in [-0.25, -0.2) is 4.98 Å². The van der Waals surface area contributed by atoms with E-state index in [1.165, 1.54) is 5.56 Å². The van der Waals surface area contributed by atoms with Crippen LogP contribution in [-0.2, 0) is 4.79 Å². The molecule has 1 atom stereocenters. The van der Waals surface area contributed by atoms with E-state index in [9.17, 15) is 4.79 Å². The molecule has 0 saturated heterocycles. The van der Waals surface area contributed by atoms with E-state index in [0.717, 1.165) is 37.9 Å². The highest BCUT2D eigenvalue weighted by molar-refractivity contribution is 7.20. The fourth-order valence-corrected chi connectivity index (χ4v) is 5.20. The zero-order valence-electron chi connectivity index (χ0n) is 17.7. The van der Waals surface area contributed by atoms with E-state index in [0.29, 0.717) is 18.0 Å². The number of rotatable bonds is 4. The highest BCUT2D eigenvalue weighted by Gasteiger charge is 2.35. The van der Waals surface area contributed by atoms with E-state index in [-0.39, 0.29) is 11.8 Å². The van der Waals surface area contributed by atoms with Crippen LogP contribution in [0.5, 0.6) is 11.5 Å². The lowest BCUT2D eigenvalue weighted by atomic mass is 9.85. The maximum atomic E-state index is 12.7. The van der Waals surface area contributed by atoms with Crippen LogP contribution in [-0.4, -0.2) is 34.9 Å². The summed E-state index contributed by atoms with van der Waals surface area (Å²) in [5.41, 5.74) is 4.82. The number of anilines is 1. The summed E-state index contributed by atoms with van der Waals surface area (Å²) in [7, 11) is 3.26. The van der Waals surface area contributed by atoms with Crippen LogP contribution in [0.4, 0.5) is 5.82 Å². The van der Waals surface area contributed by atoms with Crippen LogP contribution in [0.15, 0.2) is 36.4 Å². The van der Waals surface area contributed by atoms with Crippen molar-refractivity contribution in [3.63, 3.8) is 0 Å². The number of hydrogen-bond acceptors (Lipinski definition) is 6. The number of hydrogen-bond donors (Lipinski definition) is 1. The molecule has 7 nitrogen and oxygen atoms in total. The summed E-state index contributed by atoms with van der Waals surface area (Å²) in [6.07, 6.45) is 0.308. The molecule has 158 valence electrons. The number of benzene rings is 2. The zero-order valence-corrected chi connectivity index (χ0v) is 18.5. The molecule has 0 radical (unpaired) electrons. The first-order valence-electron chi connectivity index (χ1n) is 9.97. The SMILES string of the molecule is COc1ccc(OC)c([C@@H]2CC(=O)Nc3c2c(C)nn3-c2nc3ccc(C)cc3s2)c1. The van der Waals surface area contributed by atoms with Crippen molar-refractivity contribution in [2.75, 3.05) is 19.5 Å². The molecule has 0 fully saturated rings. The van der Waals surface area contributed by atoms with Crippen molar-refractivity contribution in [1.82, 2.24) is 14.8 Å². The summed E-state index contributed by atoms with van der Waals surface area (Å²) >= 11 is 1.56. The molecule has 31 heavy (non-hydrogen) atoms. The summed E-state index contributed by atoms with van der Waals surface area (Å²) < 4.78 is 13.9. The molecule has 0 saturated carbocycles. The van der Waals surface area contributed by atoms with Gasteiger partial charge in [0, 0.05) is 23.5 Å². The largest absolute Gasteiger partial charge is 0.497 e. The first-order chi connectivity index (χ1) is 15.0. The number of nitrogens with one attached hydrogen (secondary N) is 1. The first kappa shape index (κ1) is 19.6. The Morgan fingerprint density at radius 3 is 2.74 bits per heavy atom. The predicted molar refractivity (Wildman–Crippen MR) is 121 cm³/mol. The van der Waals surface area contributed by atoms with Crippen LogP contribution >= 0.6 is 11.3 Å². The van der Waals surface area contributed by atoms with E-state index in [1.807, 2.05) is 37.3 Å². The number of methoxy groups -OCH3 is 2. The summed E-state index contributed by atoms with van der Waals surface area (Å²) in [4.78, 5) is 17.5. The first-order valence-corrected chi connectivity index (χ1v) is 10.8. The zero-order chi connectivity index (χ0) is 21.7. The Balaban J connectivity index is 1.68. The Morgan fingerprint density at radius 1 is 1.13 bits per heavy atom. The molecule has 0 aliphatic carbocycles. The van der Waals surface area contributed by atoms with Crippen LogP contribution in [0, 0.1) is 13.8 Å². The second-order valence-corrected chi connectivity index (χ2v) is 8.65. The van der Waals surface area contributed by atoms with Gasteiger partial charge < -0.3 is 14.8 Å². The van der Waals surface area contributed by atoms with Gasteiger partial charge in [-0.2, -0.15) is 9.78 Å². The number of carbonyl (C=O) groups excluding carboxylic acids is 1.